The number of rotatable bonds is 24. The number of aliphatic imine (C=N–C) groups is 1. The van der Waals surface area contributed by atoms with Crippen molar-refractivity contribution >= 4 is 12.2 Å². The first-order valence-corrected chi connectivity index (χ1v) is 13.2. The Kier molecular flexibility index (Phi) is 23.8. The van der Waals surface area contributed by atoms with Crippen LogP contribution in [-0.2, 0) is 4.79 Å². The van der Waals surface area contributed by atoms with Gasteiger partial charge in [-0.3, -0.25) is 0 Å². The molecule has 0 heterocycles. The lowest BCUT2D eigenvalue weighted by molar-refractivity contribution is 0.143. The van der Waals surface area contributed by atoms with E-state index in [-0.39, 0.29) is 0 Å². The summed E-state index contributed by atoms with van der Waals surface area (Å²) in [4.78, 5) is 26.4. The molecule has 0 aromatic heterocycles. The molecular formula is C26H50N2O3. The van der Waals surface area contributed by atoms with Crippen LogP contribution in [0.15, 0.2) is 4.99 Å². The van der Waals surface area contributed by atoms with E-state index in [0.717, 1.165) is 38.5 Å². The topological polar surface area (TPSA) is 70.0 Å². The molecule has 0 rings (SSSR count). The molecule has 0 aromatic carbocycles. The average Bonchev–Trinajstić information content (AvgIpc) is 2.76. The van der Waals surface area contributed by atoms with Crippen molar-refractivity contribution in [1.29, 1.82) is 0 Å². The van der Waals surface area contributed by atoms with Crippen molar-refractivity contribution in [2.75, 3.05) is 19.6 Å². The molecule has 0 fully saturated rings. The van der Waals surface area contributed by atoms with Gasteiger partial charge in [-0.15, -0.1) is 0 Å². The molecule has 1 N–H and O–H groups in total. The number of carboxylic acid groups (broad SMARTS) is 1. The van der Waals surface area contributed by atoms with Crippen LogP contribution in [0.2, 0.25) is 0 Å². The van der Waals surface area contributed by atoms with Crippen LogP contribution >= 0.6 is 0 Å². The van der Waals surface area contributed by atoms with Gasteiger partial charge in [0.05, 0.1) is 6.54 Å². The normalized spacial score (nSPS) is 10.7. The third kappa shape index (κ3) is 23.1. The van der Waals surface area contributed by atoms with E-state index in [1.807, 2.05) is 0 Å². The van der Waals surface area contributed by atoms with Gasteiger partial charge in [-0.1, -0.05) is 116 Å². The predicted molar refractivity (Wildman–Crippen MR) is 131 cm³/mol. The molecule has 0 saturated carbocycles. The maximum Gasteiger partial charge on any atom is 0.407 e. The Hall–Kier alpha value is -1.35. The summed E-state index contributed by atoms with van der Waals surface area (Å²) >= 11 is 0. The highest BCUT2D eigenvalue weighted by atomic mass is 16.4. The van der Waals surface area contributed by atoms with Gasteiger partial charge in [0.15, 0.2) is 0 Å². The zero-order valence-electron chi connectivity index (χ0n) is 20.4. The Bertz CT molecular complexity index is 436. The van der Waals surface area contributed by atoms with Crippen LogP contribution in [0, 0.1) is 0 Å². The standard InChI is InChI=1S/C26H50N2O3/c1-2-3-4-5-6-7-8-9-10-11-12-13-14-15-17-20-23-28(26(30)31)24-21-18-16-19-22-27-25-29/h2-24H2,1H3,(H,30,31). The van der Waals surface area contributed by atoms with Crippen molar-refractivity contribution < 1.29 is 14.7 Å². The fourth-order valence-corrected chi connectivity index (χ4v) is 4.05. The summed E-state index contributed by atoms with van der Waals surface area (Å²) in [5.41, 5.74) is 0. The molecule has 0 spiro atoms. The van der Waals surface area contributed by atoms with Gasteiger partial charge in [-0.05, 0) is 19.3 Å². The minimum absolute atomic E-state index is 0.533. The van der Waals surface area contributed by atoms with Gasteiger partial charge in [0.25, 0.3) is 0 Å². The number of nitrogens with zero attached hydrogens (tertiary/aromatic N) is 2. The van der Waals surface area contributed by atoms with E-state index in [4.69, 9.17) is 0 Å². The monoisotopic (exact) mass is 438 g/mol. The average molecular weight is 439 g/mol. The molecular weight excluding hydrogens is 388 g/mol. The number of carbonyl (C=O) groups excluding carboxylic acids is 1. The summed E-state index contributed by atoms with van der Waals surface area (Å²) < 4.78 is 0. The lowest BCUT2D eigenvalue weighted by Gasteiger charge is -2.19. The van der Waals surface area contributed by atoms with Crippen LogP contribution in [0.4, 0.5) is 4.79 Å². The highest BCUT2D eigenvalue weighted by Gasteiger charge is 2.10. The molecule has 0 unspecified atom stereocenters. The summed E-state index contributed by atoms with van der Waals surface area (Å²) in [6, 6.07) is 0. The van der Waals surface area contributed by atoms with Gasteiger partial charge in [-0.25, -0.2) is 14.6 Å². The molecule has 0 aliphatic carbocycles. The van der Waals surface area contributed by atoms with E-state index < -0.39 is 6.09 Å². The molecule has 0 aliphatic heterocycles. The lowest BCUT2D eigenvalue weighted by Crippen LogP contribution is -2.31. The summed E-state index contributed by atoms with van der Waals surface area (Å²) in [5, 5.41) is 9.34. The highest BCUT2D eigenvalue weighted by molar-refractivity contribution is 5.64. The molecule has 0 atom stereocenters. The van der Waals surface area contributed by atoms with Crippen LogP contribution in [-0.4, -0.2) is 41.8 Å². The van der Waals surface area contributed by atoms with Crippen molar-refractivity contribution in [2.24, 2.45) is 4.99 Å². The maximum absolute atomic E-state index is 11.4. The van der Waals surface area contributed by atoms with Crippen LogP contribution in [0.1, 0.15) is 135 Å². The van der Waals surface area contributed by atoms with Crippen LogP contribution in [0.5, 0.6) is 0 Å². The maximum atomic E-state index is 11.4. The van der Waals surface area contributed by atoms with E-state index in [0.29, 0.717) is 19.6 Å². The first-order chi connectivity index (χ1) is 15.2. The molecule has 0 bridgehead atoms. The molecule has 0 radical (unpaired) electrons. The van der Waals surface area contributed by atoms with Gasteiger partial charge in [0.2, 0.25) is 6.08 Å². The molecule has 1 amide bonds. The summed E-state index contributed by atoms with van der Waals surface area (Å²) in [6.07, 6.45) is 25.8. The van der Waals surface area contributed by atoms with E-state index in [1.165, 1.54) is 89.9 Å². The second-order valence-corrected chi connectivity index (χ2v) is 8.96. The van der Waals surface area contributed by atoms with Crippen molar-refractivity contribution in [3.63, 3.8) is 0 Å². The van der Waals surface area contributed by atoms with E-state index >= 15 is 0 Å². The van der Waals surface area contributed by atoms with E-state index in [1.54, 1.807) is 11.0 Å². The fourth-order valence-electron chi connectivity index (χ4n) is 4.05. The van der Waals surface area contributed by atoms with Crippen LogP contribution in [0.3, 0.4) is 0 Å². The number of isocyanates is 1. The first kappa shape index (κ1) is 29.7. The second-order valence-electron chi connectivity index (χ2n) is 8.96. The summed E-state index contributed by atoms with van der Waals surface area (Å²) in [5.74, 6) is 0. The molecule has 5 nitrogen and oxygen atoms in total. The van der Waals surface area contributed by atoms with Gasteiger partial charge in [0, 0.05) is 13.1 Å². The number of carbonyl (C=O) groups is 1. The number of hydrogen-bond donors (Lipinski definition) is 1. The van der Waals surface area contributed by atoms with Gasteiger partial charge in [-0.2, -0.15) is 0 Å². The van der Waals surface area contributed by atoms with Gasteiger partial charge >= 0.3 is 6.09 Å². The van der Waals surface area contributed by atoms with Crippen molar-refractivity contribution in [2.45, 2.75) is 135 Å². The Labute approximate surface area is 192 Å². The summed E-state index contributed by atoms with van der Waals surface area (Å²) in [6.45, 7) is 4.08. The molecule has 31 heavy (non-hydrogen) atoms. The van der Waals surface area contributed by atoms with Crippen LogP contribution in [0.25, 0.3) is 0 Å². The second kappa shape index (κ2) is 24.9. The predicted octanol–water partition coefficient (Wildman–Crippen LogP) is 8.12. The van der Waals surface area contributed by atoms with Crippen molar-refractivity contribution in [1.82, 2.24) is 4.90 Å². The Morgan fingerprint density at radius 2 is 1.00 bits per heavy atom. The Balaban J connectivity index is 3.38. The minimum Gasteiger partial charge on any atom is -0.465 e. The zero-order valence-corrected chi connectivity index (χ0v) is 20.4. The van der Waals surface area contributed by atoms with Gasteiger partial charge < -0.3 is 10.0 Å². The molecule has 5 heteroatoms. The smallest absolute Gasteiger partial charge is 0.407 e. The number of hydrogen-bond acceptors (Lipinski definition) is 3. The Morgan fingerprint density at radius 1 is 0.645 bits per heavy atom. The SMILES string of the molecule is CCCCCCCCCCCCCCCCCCN(CCCCCCN=C=O)C(=O)O. The highest BCUT2D eigenvalue weighted by Crippen LogP contribution is 2.14. The number of unbranched alkanes of at least 4 members (excludes halogenated alkanes) is 18. The largest absolute Gasteiger partial charge is 0.465 e. The third-order valence-corrected chi connectivity index (χ3v) is 6.06. The molecule has 0 saturated heterocycles. The molecule has 0 aliphatic rings. The van der Waals surface area contributed by atoms with E-state index in [9.17, 15) is 14.7 Å². The molecule has 0 aromatic rings. The summed E-state index contributed by atoms with van der Waals surface area (Å²) in [7, 11) is 0. The molecule has 182 valence electrons. The van der Waals surface area contributed by atoms with Crippen LogP contribution < -0.4 is 0 Å². The Morgan fingerprint density at radius 3 is 1.35 bits per heavy atom. The zero-order chi connectivity index (χ0) is 22.8. The van der Waals surface area contributed by atoms with E-state index in [2.05, 4.69) is 11.9 Å². The first-order valence-electron chi connectivity index (χ1n) is 13.2. The fraction of sp³-hybridized carbons (Fsp3) is 0.923. The third-order valence-electron chi connectivity index (χ3n) is 6.06. The lowest BCUT2D eigenvalue weighted by atomic mass is 10.0. The van der Waals surface area contributed by atoms with Gasteiger partial charge in [0.1, 0.15) is 0 Å². The quantitative estimate of drug-likeness (QED) is 0.0939. The van der Waals surface area contributed by atoms with Crippen molar-refractivity contribution in [3.8, 4) is 0 Å². The van der Waals surface area contributed by atoms with Crippen molar-refractivity contribution in [3.05, 3.63) is 0 Å². The number of amides is 1. The minimum atomic E-state index is -0.800.